The Hall–Kier alpha value is -3.15. The van der Waals surface area contributed by atoms with Gasteiger partial charge in [-0.2, -0.15) is 0 Å². The number of aromatic hydroxyl groups is 1. The normalized spacial score (nSPS) is 10.2. The van der Waals surface area contributed by atoms with Crippen LogP contribution in [-0.2, 0) is 6.42 Å². The van der Waals surface area contributed by atoms with E-state index in [9.17, 15) is 5.11 Å². The van der Waals surface area contributed by atoms with E-state index in [0.29, 0.717) is 34.8 Å². The van der Waals surface area contributed by atoms with Crippen molar-refractivity contribution in [3.05, 3.63) is 47.8 Å². The van der Waals surface area contributed by atoms with Gasteiger partial charge in [-0.3, -0.25) is 4.98 Å². The first kappa shape index (κ1) is 20.2. The Labute approximate surface area is 159 Å². The molecule has 144 valence electrons. The van der Waals surface area contributed by atoms with E-state index in [1.807, 2.05) is 24.3 Å². The van der Waals surface area contributed by atoms with Gasteiger partial charge in [0.2, 0.25) is 0 Å². The molecule has 0 saturated heterocycles. The van der Waals surface area contributed by atoms with Crippen LogP contribution in [-0.4, -0.2) is 38.5 Å². The zero-order chi connectivity index (χ0) is 18.7. The summed E-state index contributed by atoms with van der Waals surface area (Å²) >= 11 is 0. The van der Waals surface area contributed by atoms with Gasteiger partial charge in [-0.15, -0.1) is 0 Å². The van der Waals surface area contributed by atoms with Crippen LogP contribution in [0.2, 0.25) is 0 Å². The summed E-state index contributed by atoms with van der Waals surface area (Å²) in [5.74, 6) is 2.56. The Morgan fingerprint density at radius 2 is 1.33 bits per heavy atom. The summed E-state index contributed by atoms with van der Waals surface area (Å²) < 4.78 is 21.4. The molecule has 1 heterocycles. The number of rotatable bonds is 6. The van der Waals surface area contributed by atoms with Crippen molar-refractivity contribution in [2.75, 3.05) is 28.4 Å². The van der Waals surface area contributed by atoms with Gasteiger partial charge in [0.25, 0.3) is 0 Å². The first-order valence-corrected chi connectivity index (χ1v) is 8.04. The molecule has 2 aromatic carbocycles. The molecular formula is C21H25NO5. The number of aromatic nitrogens is 1. The summed E-state index contributed by atoms with van der Waals surface area (Å²) in [7, 11) is 6.35. The summed E-state index contributed by atoms with van der Waals surface area (Å²) in [5, 5.41) is 11.7. The van der Waals surface area contributed by atoms with Crippen molar-refractivity contribution in [1.82, 2.24) is 4.98 Å². The monoisotopic (exact) mass is 371 g/mol. The van der Waals surface area contributed by atoms with Crippen LogP contribution in [0.5, 0.6) is 28.7 Å². The highest BCUT2D eigenvalue weighted by molar-refractivity contribution is 5.92. The quantitative estimate of drug-likeness (QED) is 0.700. The number of fused-ring (bicyclic) bond motifs is 1. The van der Waals surface area contributed by atoms with Crippen LogP contribution in [0.15, 0.2) is 36.5 Å². The molecule has 0 amide bonds. The predicted octanol–water partition coefficient (Wildman–Crippen LogP) is 4.20. The van der Waals surface area contributed by atoms with E-state index in [1.54, 1.807) is 34.5 Å². The minimum atomic E-state index is 0. The molecule has 6 heteroatoms. The minimum Gasteiger partial charge on any atom is -0.506 e. The highest BCUT2D eigenvalue weighted by Gasteiger charge is 2.14. The first-order chi connectivity index (χ1) is 12.6. The maximum absolute atomic E-state index is 10.2. The van der Waals surface area contributed by atoms with Crippen molar-refractivity contribution in [2.24, 2.45) is 0 Å². The van der Waals surface area contributed by atoms with Crippen molar-refractivity contribution in [3.63, 3.8) is 0 Å². The standard InChI is InChI=1S/C20H21NO5.CH4/c1-23-17-6-5-12(8-18(17)24-2)7-15-13-9-19(25-3)20(26-4)10-14(13)16(22)11-21-15;/h5-6,8-11,22H,7H2,1-4H3;1H4. The van der Waals surface area contributed by atoms with Gasteiger partial charge in [0.1, 0.15) is 5.75 Å². The van der Waals surface area contributed by atoms with Crippen LogP contribution < -0.4 is 18.9 Å². The van der Waals surface area contributed by atoms with Crippen molar-refractivity contribution in [3.8, 4) is 28.7 Å². The van der Waals surface area contributed by atoms with Crippen molar-refractivity contribution < 1.29 is 24.1 Å². The molecule has 6 nitrogen and oxygen atoms in total. The highest BCUT2D eigenvalue weighted by Crippen LogP contribution is 2.37. The third kappa shape index (κ3) is 3.84. The second-order valence-electron chi connectivity index (χ2n) is 5.71. The highest BCUT2D eigenvalue weighted by atomic mass is 16.5. The summed E-state index contributed by atoms with van der Waals surface area (Å²) in [6, 6.07) is 9.32. The fraction of sp³-hybridized carbons (Fsp3) is 0.286. The van der Waals surface area contributed by atoms with Gasteiger partial charge in [0.05, 0.1) is 40.3 Å². The lowest BCUT2D eigenvalue weighted by molar-refractivity contribution is 0.354. The molecule has 0 atom stereocenters. The number of pyridine rings is 1. The fourth-order valence-corrected chi connectivity index (χ4v) is 2.93. The number of hydrogen-bond donors (Lipinski definition) is 1. The molecular weight excluding hydrogens is 346 g/mol. The average molecular weight is 371 g/mol. The molecule has 0 aliphatic heterocycles. The molecule has 0 saturated carbocycles. The summed E-state index contributed by atoms with van der Waals surface area (Å²) in [6.07, 6.45) is 2.01. The van der Waals surface area contributed by atoms with Gasteiger partial charge in [-0.25, -0.2) is 0 Å². The molecule has 27 heavy (non-hydrogen) atoms. The van der Waals surface area contributed by atoms with Crippen LogP contribution in [0.25, 0.3) is 10.8 Å². The SMILES string of the molecule is C.COc1ccc(Cc2ncc(O)c3cc(OC)c(OC)cc23)cc1OC. The number of hydrogen-bond acceptors (Lipinski definition) is 6. The number of methoxy groups -OCH3 is 4. The topological polar surface area (TPSA) is 70.0 Å². The molecule has 0 radical (unpaired) electrons. The Morgan fingerprint density at radius 3 is 1.93 bits per heavy atom. The van der Waals surface area contributed by atoms with Crippen molar-refractivity contribution in [2.45, 2.75) is 13.8 Å². The van der Waals surface area contributed by atoms with Gasteiger partial charge in [0, 0.05) is 17.2 Å². The van der Waals surface area contributed by atoms with E-state index in [0.717, 1.165) is 16.6 Å². The molecule has 3 rings (SSSR count). The number of nitrogens with zero attached hydrogens (tertiary/aromatic N) is 1. The molecule has 0 bridgehead atoms. The van der Waals surface area contributed by atoms with E-state index < -0.39 is 0 Å². The Balaban J connectivity index is 0.00000261. The van der Waals surface area contributed by atoms with Crippen LogP contribution in [0.4, 0.5) is 0 Å². The molecule has 0 unspecified atom stereocenters. The molecule has 1 aromatic heterocycles. The van der Waals surface area contributed by atoms with Gasteiger partial charge in [0.15, 0.2) is 23.0 Å². The number of ether oxygens (including phenoxy) is 4. The lowest BCUT2D eigenvalue weighted by atomic mass is 10.0. The second-order valence-corrected chi connectivity index (χ2v) is 5.71. The van der Waals surface area contributed by atoms with Gasteiger partial charge < -0.3 is 24.1 Å². The average Bonchev–Trinajstić information content (AvgIpc) is 2.69. The van der Waals surface area contributed by atoms with Crippen molar-refractivity contribution in [1.29, 1.82) is 0 Å². The van der Waals surface area contributed by atoms with E-state index in [1.165, 1.54) is 6.20 Å². The van der Waals surface area contributed by atoms with Crippen LogP contribution in [0, 0.1) is 0 Å². The maximum Gasteiger partial charge on any atom is 0.161 e. The summed E-state index contributed by atoms with van der Waals surface area (Å²) in [4.78, 5) is 4.41. The Morgan fingerprint density at radius 1 is 0.778 bits per heavy atom. The third-order valence-electron chi connectivity index (χ3n) is 4.27. The predicted molar refractivity (Wildman–Crippen MR) is 106 cm³/mol. The smallest absolute Gasteiger partial charge is 0.161 e. The lowest BCUT2D eigenvalue weighted by Gasteiger charge is -2.13. The minimum absolute atomic E-state index is 0. The fourth-order valence-electron chi connectivity index (χ4n) is 2.93. The van der Waals surface area contributed by atoms with Crippen LogP contribution in [0.3, 0.4) is 0 Å². The molecule has 0 aliphatic rings. The molecule has 0 aliphatic carbocycles. The summed E-state index contributed by atoms with van der Waals surface area (Å²) in [5.41, 5.74) is 1.82. The zero-order valence-corrected chi connectivity index (χ0v) is 15.2. The van der Waals surface area contributed by atoms with Gasteiger partial charge >= 0.3 is 0 Å². The first-order valence-electron chi connectivity index (χ1n) is 8.04. The second kappa shape index (κ2) is 8.49. The van der Waals surface area contributed by atoms with E-state index in [-0.39, 0.29) is 13.2 Å². The van der Waals surface area contributed by atoms with Gasteiger partial charge in [-0.05, 0) is 29.8 Å². The van der Waals surface area contributed by atoms with E-state index in [2.05, 4.69) is 4.98 Å². The summed E-state index contributed by atoms with van der Waals surface area (Å²) in [6.45, 7) is 0. The maximum atomic E-state index is 10.2. The molecule has 1 N–H and O–H groups in total. The Kier molecular flexibility index (Phi) is 6.34. The van der Waals surface area contributed by atoms with Crippen LogP contribution in [0.1, 0.15) is 18.7 Å². The Bertz CT molecular complexity index is 939. The van der Waals surface area contributed by atoms with Crippen molar-refractivity contribution >= 4 is 10.8 Å². The molecule has 0 fully saturated rings. The molecule has 3 aromatic rings. The largest absolute Gasteiger partial charge is 0.506 e. The third-order valence-corrected chi connectivity index (χ3v) is 4.27. The van der Waals surface area contributed by atoms with E-state index in [4.69, 9.17) is 18.9 Å². The van der Waals surface area contributed by atoms with E-state index >= 15 is 0 Å². The molecule has 0 spiro atoms. The number of benzene rings is 2. The van der Waals surface area contributed by atoms with Gasteiger partial charge in [-0.1, -0.05) is 13.5 Å². The lowest BCUT2D eigenvalue weighted by Crippen LogP contribution is -1.98. The van der Waals surface area contributed by atoms with Crippen LogP contribution >= 0.6 is 0 Å². The zero-order valence-electron chi connectivity index (χ0n) is 15.2.